The fraction of sp³-hybridized carbons (Fsp3) is 0. The second-order valence-electron chi connectivity index (χ2n) is 4.12. The summed E-state index contributed by atoms with van der Waals surface area (Å²) in [6.07, 6.45) is 0. The molecule has 102 valence electrons. The van der Waals surface area contributed by atoms with Crippen LogP contribution in [0, 0.1) is 16.4 Å². The van der Waals surface area contributed by atoms with Crippen LogP contribution in [0.4, 0.5) is 8.78 Å². The number of nitrogens with one attached hydrogen (secondary N) is 1. The summed E-state index contributed by atoms with van der Waals surface area (Å²) in [6, 6.07) is 6.86. The van der Waals surface area contributed by atoms with Gasteiger partial charge < -0.3 is 4.98 Å². The van der Waals surface area contributed by atoms with Gasteiger partial charge in [-0.15, -0.1) is 0 Å². The molecule has 3 rings (SSSR count). The number of H-pyrrole nitrogens is 1. The van der Waals surface area contributed by atoms with Gasteiger partial charge in [0.2, 0.25) is 0 Å². The van der Waals surface area contributed by atoms with Crippen LogP contribution in [-0.4, -0.2) is 9.55 Å². The Morgan fingerprint density at radius 1 is 1.05 bits per heavy atom. The molecular weight excluding hydrogens is 325 g/mol. The van der Waals surface area contributed by atoms with Crippen molar-refractivity contribution in [1.82, 2.24) is 9.55 Å². The summed E-state index contributed by atoms with van der Waals surface area (Å²) >= 11 is 16.9. The van der Waals surface area contributed by atoms with Gasteiger partial charge in [0, 0.05) is 6.07 Å². The van der Waals surface area contributed by atoms with Gasteiger partial charge in [-0.3, -0.25) is 4.57 Å². The van der Waals surface area contributed by atoms with Gasteiger partial charge >= 0.3 is 0 Å². The van der Waals surface area contributed by atoms with Gasteiger partial charge in [-0.2, -0.15) is 0 Å². The maximum atomic E-state index is 14.0. The maximum Gasteiger partial charge on any atom is 0.182 e. The third-order valence-electron chi connectivity index (χ3n) is 2.89. The van der Waals surface area contributed by atoms with E-state index < -0.39 is 11.6 Å². The number of benzene rings is 2. The van der Waals surface area contributed by atoms with Crippen LogP contribution >= 0.6 is 35.4 Å². The summed E-state index contributed by atoms with van der Waals surface area (Å²) < 4.78 is 29.2. The molecule has 1 N–H and O–H groups in total. The quantitative estimate of drug-likeness (QED) is 0.602. The summed E-state index contributed by atoms with van der Waals surface area (Å²) in [7, 11) is 0. The number of imidazole rings is 1. The number of nitrogens with zero attached hydrogens (tertiary/aromatic N) is 1. The highest BCUT2D eigenvalue weighted by Crippen LogP contribution is 2.30. The fourth-order valence-corrected chi connectivity index (χ4v) is 2.74. The van der Waals surface area contributed by atoms with Crippen molar-refractivity contribution in [3.8, 4) is 5.69 Å². The van der Waals surface area contributed by atoms with Crippen molar-refractivity contribution >= 4 is 46.5 Å². The average Bonchev–Trinajstić information content (AvgIpc) is 2.67. The van der Waals surface area contributed by atoms with Gasteiger partial charge in [-0.25, -0.2) is 8.78 Å². The van der Waals surface area contributed by atoms with Crippen LogP contribution in [0.25, 0.3) is 16.7 Å². The Labute approximate surface area is 127 Å². The standard InChI is InChI=1S/C13H6Cl2F2N2S/c14-6-2-1-3-8(16)12(6)19-11-5-9(17)7(15)4-10(11)18-13(19)20/h1-5H,(H,18,20). The topological polar surface area (TPSA) is 20.7 Å². The molecule has 1 aromatic heterocycles. The normalized spacial score (nSPS) is 11.2. The number of aromatic nitrogens is 2. The van der Waals surface area contributed by atoms with Gasteiger partial charge in [-0.1, -0.05) is 29.3 Å². The van der Waals surface area contributed by atoms with Crippen LogP contribution in [0.1, 0.15) is 0 Å². The predicted octanol–water partition coefficient (Wildman–Crippen LogP) is 5.27. The summed E-state index contributed by atoms with van der Waals surface area (Å²) in [6.45, 7) is 0. The van der Waals surface area contributed by atoms with Crippen molar-refractivity contribution in [2.24, 2.45) is 0 Å². The van der Waals surface area contributed by atoms with Gasteiger partial charge in [0.15, 0.2) is 4.77 Å². The van der Waals surface area contributed by atoms with Gasteiger partial charge in [0.1, 0.15) is 17.3 Å². The van der Waals surface area contributed by atoms with Crippen molar-refractivity contribution in [2.75, 3.05) is 0 Å². The molecule has 0 fully saturated rings. The first-order chi connectivity index (χ1) is 9.49. The average molecular weight is 331 g/mol. The van der Waals surface area contributed by atoms with E-state index in [1.54, 1.807) is 0 Å². The van der Waals surface area contributed by atoms with E-state index in [1.165, 1.54) is 34.9 Å². The Morgan fingerprint density at radius 2 is 1.80 bits per heavy atom. The fourth-order valence-electron chi connectivity index (χ4n) is 2.03. The number of fused-ring (bicyclic) bond motifs is 1. The van der Waals surface area contributed by atoms with Crippen LogP contribution < -0.4 is 0 Å². The lowest BCUT2D eigenvalue weighted by atomic mass is 10.2. The molecule has 0 amide bonds. The third-order valence-corrected chi connectivity index (χ3v) is 3.76. The van der Waals surface area contributed by atoms with Crippen molar-refractivity contribution in [3.63, 3.8) is 0 Å². The number of halogens is 4. The maximum absolute atomic E-state index is 14.0. The largest absolute Gasteiger partial charge is 0.330 e. The Morgan fingerprint density at radius 3 is 2.50 bits per heavy atom. The lowest BCUT2D eigenvalue weighted by Crippen LogP contribution is -1.99. The Bertz CT molecular complexity index is 866. The van der Waals surface area contributed by atoms with Crippen molar-refractivity contribution in [2.45, 2.75) is 0 Å². The van der Waals surface area contributed by atoms with E-state index in [1.807, 2.05) is 0 Å². The molecule has 2 aromatic carbocycles. The summed E-state index contributed by atoms with van der Waals surface area (Å²) in [5.74, 6) is -1.17. The SMILES string of the molecule is Fc1cc2c(cc1Cl)[nH]c(=S)n2-c1c(F)cccc1Cl. The van der Waals surface area contributed by atoms with Gasteiger partial charge in [0.25, 0.3) is 0 Å². The molecule has 0 unspecified atom stereocenters. The number of hydrogen-bond donors (Lipinski definition) is 1. The number of rotatable bonds is 1. The highest BCUT2D eigenvalue weighted by Gasteiger charge is 2.15. The second-order valence-corrected chi connectivity index (χ2v) is 5.32. The molecule has 3 aromatic rings. The van der Waals surface area contributed by atoms with Crippen LogP contribution in [0.15, 0.2) is 30.3 Å². The molecule has 0 atom stereocenters. The molecule has 7 heteroatoms. The van der Waals surface area contributed by atoms with Crippen LogP contribution in [0.5, 0.6) is 0 Å². The first kappa shape index (κ1) is 13.5. The van der Waals surface area contributed by atoms with Gasteiger partial charge in [-0.05, 0) is 30.4 Å². The summed E-state index contributed by atoms with van der Waals surface area (Å²) in [4.78, 5) is 2.85. The molecule has 0 saturated heterocycles. The van der Waals surface area contributed by atoms with Crippen molar-refractivity contribution < 1.29 is 8.78 Å². The van der Waals surface area contributed by atoms with E-state index in [2.05, 4.69) is 4.98 Å². The first-order valence-corrected chi connectivity index (χ1v) is 6.69. The Hall–Kier alpha value is -1.43. The summed E-state index contributed by atoms with van der Waals surface area (Å²) in [5.41, 5.74) is 0.941. The van der Waals surface area contributed by atoms with E-state index in [4.69, 9.17) is 35.4 Å². The lowest BCUT2D eigenvalue weighted by Gasteiger charge is -2.08. The molecule has 20 heavy (non-hydrogen) atoms. The molecule has 0 aliphatic heterocycles. The lowest BCUT2D eigenvalue weighted by molar-refractivity contribution is 0.617. The molecule has 0 radical (unpaired) electrons. The monoisotopic (exact) mass is 330 g/mol. The van der Waals surface area contributed by atoms with Crippen LogP contribution in [-0.2, 0) is 0 Å². The zero-order valence-electron chi connectivity index (χ0n) is 9.75. The highest BCUT2D eigenvalue weighted by molar-refractivity contribution is 7.71. The minimum atomic E-state index is -0.616. The van der Waals surface area contributed by atoms with Crippen molar-refractivity contribution in [3.05, 3.63) is 56.8 Å². The smallest absolute Gasteiger partial charge is 0.182 e. The van der Waals surface area contributed by atoms with E-state index in [0.29, 0.717) is 11.0 Å². The minimum absolute atomic E-state index is 0.0412. The van der Waals surface area contributed by atoms with E-state index >= 15 is 0 Å². The molecule has 0 aliphatic carbocycles. The van der Waals surface area contributed by atoms with Gasteiger partial charge in [0.05, 0.1) is 21.1 Å². The Kier molecular flexibility index (Phi) is 3.28. The molecule has 0 saturated carbocycles. The zero-order chi connectivity index (χ0) is 14.4. The number of para-hydroxylation sites is 1. The minimum Gasteiger partial charge on any atom is -0.330 e. The molecular formula is C13H6Cl2F2N2S. The highest BCUT2D eigenvalue weighted by atomic mass is 35.5. The molecule has 0 spiro atoms. The molecule has 1 heterocycles. The number of hydrogen-bond acceptors (Lipinski definition) is 1. The zero-order valence-corrected chi connectivity index (χ0v) is 12.1. The summed E-state index contributed by atoms with van der Waals surface area (Å²) in [5, 5.41) is 0.137. The Balaban J connectivity index is 2.46. The number of aromatic amines is 1. The first-order valence-electron chi connectivity index (χ1n) is 5.53. The molecule has 2 nitrogen and oxygen atoms in total. The predicted molar refractivity (Wildman–Crippen MR) is 78.4 cm³/mol. The second kappa shape index (κ2) is 4.84. The third kappa shape index (κ3) is 2.02. The van der Waals surface area contributed by atoms with E-state index in [-0.39, 0.29) is 20.5 Å². The molecule has 0 bridgehead atoms. The van der Waals surface area contributed by atoms with E-state index in [9.17, 15) is 8.78 Å². The van der Waals surface area contributed by atoms with E-state index in [0.717, 1.165) is 0 Å². The molecule has 0 aliphatic rings. The van der Waals surface area contributed by atoms with Crippen LogP contribution in [0.2, 0.25) is 10.0 Å². The van der Waals surface area contributed by atoms with Crippen LogP contribution in [0.3, 0.4) is 0 Å². The van der Waals surface area contributed by atoms with Crippen molar-refractivity contribution in [1.29, 1.82) is 0 Å².